The standard InChI is InChI=1S/C4H3NO2S/c5-1-4-2-8(6,7)3-4/h2H,3H2. The Morgan fingerprint density at radius 1 is 1.75 bits per heavy atom. The molecular formula is C4H3NO2S. The Kier molecular flexibility index (Phi) is 0.882. The van der Waals surface area contributed by atoms with Gasteiger partial charge in [-0.15, -0.1) is 0 Å². The van der Waals surface area contributed by atoms with Crippen LogP contribution in [0, 0.1) is 11.3 Å². The smallest absolute Gasteiger partial charge is 0.177 e. The van der Waals surface area contributed by atoms with Gasteiger partial charge in [-0.2, -0.15) is 5.26 Å². The summed E-state index contributed by atoms with van der Waals surface area (Å²) < 4.78 is 20.5. The van der Waals surface area contributed by atoms with Crippen molar-refractivity contribution in [2.75, 3.05) is 5.75 Å². The van der Waals surface area contributed by atoms with Crippen molar-refractivity contribution in [2.45, 2.75) is 0 Å². The van der Waals surface area contributed by atoms with Crippen LogP contribution in [0.25, 0.3) is 0 Å². The zero-order chi connectivity index (χ0) is 6.20. The topological polar surface area (TPSA) is 57.9 Å². The molecule has 0 radical (unpaired) electrons. The molecule has 0 amide bonds. The van der Waals surface area contributed by atoms with Crippen molar-refractivity contribution in [1.82, 2.24) is 0 Å². The lowest BCUT2D eigenvalue weighted by Gasteiger charge is -2.05. The normalized spacial score (nSPS) is 22.6. The molecule has 0 bridgehead atoms. The van der Waals surface area contributed by atoms with Crippen LogP contribution in [0.4, 0.5) is 0 Å². The fourth-order valence-corrected chi connectivity index (χ4v) is 1.41. The molecule has 1 aliphatic heterocycles. The summed E-state index contributed by atoms with van der Waals surface area (Å²) in [6.45, 7) is 0. The van der Waals surface area contributed by atoms with Crippen LogP contribution in [0.5, 0.6) is 0 Å². The molecule has 1 aliphatic rings. The van der Waals surface area contributed by atoms with Crippen molar-refractivity contribution in [3.05, 3.63) is 11.0 Å². The summed E-state index contributed by atoms with van der Waals surface area (Å²) in [5, 5.41) is 9.03. The maximum atomic E-state index is 10.2. The Bertz CT molecular complexity index is 267. The van der Waals surface area contributed by atoms with Crippen molar-refractivity contribution in [3.8, 4) is 6.07 Å². The quantitative estimate of drug-likeness (QED) is 0.456. The van der Waals surface area contributed by atoms with Gasteiger partial charge in [0, 0.05) is 5.41 Å². The summed E-state index contributed by atoms with van der Waals surface area (Å²) in [6, 6.07) is 1.74. The Hall–Kier alpha value is -0.820. The predicted molar refractivity (Wildman–Crippen MR) is 27.5 cm³/mol. The van der Waals surface area contributed by atoms with E-state index < -0.39 is 9.84 Å². The van der Waals surface area contributed by atoms with E-state index in [0.717, 1.165) is 5.41 Å². The van der Waals surface area contributed by atoms with E-state index in [4.69, 9.17) is 5.26 Å². The highest BCUT2D eigenvalue weighted by molar-refractivity contribution is 7.95. The molecule has 0 saturated heterocycles. The van der Waals surface area contributed by atoms with E-state index in [1.165, 1.54) is 0 Å². The molecule has 8 heavy (non-hydrogen) atoms. The second-order valence-corrected chi connectivity index (χ2v) is 3.41. The van der Waals surface area contributed by atoms with E-state index in [1.54, 1.807) is 6.07 Å². The highest BCUT2D eigenvalue weighted by atomic mass is 32.2. The Morgan fingerprint density at radius 3 is 2.38 bits per heavy atom. The van der Waals surface area contributed by atoms with Crippen LogP contribution >= 0.6 is 0 Å². The number of nitrogens with zero attached hydrogens (tertiary/aromatic N) is 1. The molecule has 0 aliphatic carbocycles. The molecule has 1 rings (SSSR count). The lowest BCUT2D eigenvalue weighted by Crippen LogP contribution is -2.14. The van der Waals surface area contributed by atoms with Crippen molar-refractivity contribution < 1.29 is 8.42 Å². The molecular weight excluding hydrogens is 126 g/mol. The van der Waals surface area contributed by atoms with Crippen LogP contribution in [0.3, 0.4) is 0 Å². The van der Waals surface area contributed by atoms with Crippen molar-refractivity contribution in [2.24, 2.45) is 0 Å². The van der Waals surface area contributed by atoms with Crippen LogP contribution < -0.4 is 0 Å². The van der Waals surface area contributed by atoms with Gasteiger partial charge in [-0.3, -0.25) is 0 Å². The van der Waals surface area contributed by atoms with Gasteiger partial charge in [0.05, 0.1) is 17.4 Å². The van der Waals surface area contributed by atoms with E-state index in [9.17, 15) is 8.42 Å². The number of hydrogen-bond donors (Lipinski definition) is 0. The van der Waals surface area contributed by atoms with Crippen molar-refractivity contribution >= 4 is 9.84 Å². The van der Waals surface area contributed by atoms with Gasteiger partial charge in [0.2, 0.25) is 0 Å². The van der Waals surface area contributed by atoms with Gasteiger partial charge in [0.25, 0.3) is 0 Å². The Balaban J connectivity index is 2.98. The number of hydrogen-bond acceptors (Lipinski definition) is 3. The van der Waals surface area contributed by atoms with Gasteiger partial charge in [-0.1, -0.05) is 0 Å². The minimum absolute atomic E-state index is 0.0660. The fourth-order valence-electron chi connectivity index (χ4n) is 0.468. The molecule has 1 heterocycles. The van der Waals surface area contributed by atoms with Crippen LogP contribution in [0.1, 0.15) is 0 Å². The molecule has 0 spiro atoms. The highest BCUT2D eigenvalue weighted by Crippen LogP contribution is 2.13. The lowest BCUT2D eigenvalue weighted by atomic mass is 10.4. The SMILES string of the molecule is N#CC1=CS(=O)(=O)C1. The molecule has 0 N–H and O–H groups in total. The lowest BCUT2D eigenvalue weighted by molar-refractivity contribution is 0.603. The van der Waals surface area contributed by atoms with E-state index in [1.807, 2.05) is 0 Å². The summed E-state index contributed by atoms with van der Waals surface area (Å²) in [5.74, 6) is -0.0660. The molecule has 0 aromatic rings. The van der Waals surface area contributed by atoms with Gasteiger partial charge in [-0.05, 0) is 0 Å². The van der Waals surface area contributed by atoms with Gasteiger partial charge in [0.1, 0.15) is 0 Å². The first kappa shape index (κ1) is 5.32. The zero-order valence-electron chi connectivity index (χ0n) is 3.96. The summed E-state index contributed by atoms with van der Waals surface area (Å²) in [5.41, 5.74) is 0.352. The fraction of sp³-hybridized carbons (Fsp3) is 0.250. The molecule has 0 fully saturated rings. The van der Waals surface area contributed by atoms with Crippen LogP contribution in [-0.2, 0) is 9.84 Å². The van der Waals surface area contributed by atoms with Gasteiger partial charge in [-0.25, -0.2) is 8.42 Å². The third-order valence-electron chi connectivity index (χ3n) is 0.822. The first-order valence-electron chi connectivity index (χ1n) is 1.97. The third kappa shape index (κ3) is 0.724. The van der Waals surface area contributed by atoms with E-state index in [0.29, 0.717) is 5.57 Å². The first-order valence-corrected chi connectivity index (χ1v) is 3.69. The van der Waals surface area contributed by atoms with E-state index in [2.05, 4.69) is 0 Å². The largest absolute Gasteiger partial charge is 0.224 e. The summed E-state index contributed by atoms with van der Waals surface area (Å²) in [7, 11) is -2.93. The molecule has 42 valence electrons. The number of sulfone groups is 1. The van der Waals surface area contributed by atoms with E-state index >= 15 is 0 Å². The molecule has 0 aromatic carbocycles. The first-order chi connectivity index (χ1) is 3.64. The molecule has 0 saturated carbocycles. The second-order valence-electron chi connectivity index (χ2n) is 1.56. The minimum atomic E-state index is -2.93. The predicted octanol–water partition coefficient (Wildman–Crippen LogP) is -0.178. The number of rotatable bonds is 0. The van der Waals surface area contributed by atoms with Crippen molar-refractivity contribution in [1.29, 1.82) is 5.26 Å². The van der Waals surface area contributed by atoms with Crippen molar-refractivity contribution in [3.63, 3.8) is 0 Å². The van der Waals surface area contributed by atoms with Crippen LogP contribution in [0.2, 0.25) is 0 Å². The highest BCUT2D eigenvalue weighted by Gasteiger charge is 2.21. The maximum Gasteiger partial charge on any atom is 0.177 e. The summed E-state index contributed by atoms with van der Waals surface area (Å²) in [6.07, 6.45) is 0. The molecule has 0 unspecified atom stereocenters. The molecule has 3 nitrogen and oxygen atoms in total. The van der Waals surface area contributed by atoms with Gasteiger partial charge in [0.15, 0.2) is 9.84 Å². The molecule has 4 heteroatoms. The monoisotopic (exact) mass is 129 g/mol. The van der Waals surface area contributed by atoms with Gasteiger partial charge >= 0.3 is 0 Å². The van der Waals surface area contributed by atoms with Crippen LogP contribution in [-0.4, -0.2) is 14.2 Å². The average molecular weight is 129 g/mol. The number of nitriles is 1. The Labute approximate surface area is 47.2 Å². The molecule has 0 aromatic heterocycles. The summed E-state index contributed by atoms with van der Waals surface area (Å²) >= 11 is 0. The van der Waals surface area contributed by atoms with Crippen LogP contribution in [0.15, 0.2) is 11.0 Å². The summed E-state index contributed by atoms with van der Waals surface area (Å²) in [4.78, 5) is 0. The second kappa shape index (κ2) is 1.33. The third-order valence-corrected chi connectivity index (χ3v) is 2.18. The average Bonchev–Trinajstić information content (AvgIpc) is 1.60. The Morgan fingerprint density at radius 2 is 2.25 bits per heavy atom. The minimum Gasteiger partial charge on any atom is -0.224 e. The molecule has 0 atom stereocenters. The zero-order valence-corrected chi connectivity index (χ0v) is 4.77. The van der Waals surface area contributed by atoms with Gasteiger partial charge < -0.3 is 0 Å². The van der Waals surface area contributed by atoms with E-state index in [-0.39, 0.29) is 5.75 Å². The maximum absolute atomic E-state index is 10.2.